The molecule has 0 saturated heterocycles. The highest BCUT2D eigenvalue weighted by molar-refractivity contribution is 5.95. The van der Waals surface area contributed by atoms with Crippen LogP contribution in [0.4, 0.5) is 0 Å². The van der Waals surface area contributed by atoms with Gasteiger partial charge in [-0.2, -0.15) is 0 Å². The molecule has 6 heteroatoms. The summed E-state index contributed by atoms with van der Waals surface area (Å²) >= 11 is 0. The fourth-order valence-electron chi connectivity index (χ4n) is 2.14. The van der Waals surface area contributed by atoms with Gasteiger partial charge in [0.2, 0.25) is 5.89 Å². The van der Waals surface area contributed by atoms with Gasteiger partial charge in [-0.3, -0.25) is 9.59 Å². The molecule has 3 aromatic rings. The number of esters is 1. The Morgan fingerprint density at radius 3 is 2.40 bits per heavy atom. The molecule has 3 rings (SSSR count). The first-order valence-electron chi connectivity index (χ1n) is 7.71. The topological polar surface area (TPSA) is 81.4 Å². The fraction of sp³-hybridized carbons (Fsp3) is 0.105. The lowest BCUT2D eigenvalue weighted by Crippen LogP contribution is -2.30. The van der Waals surface area contributed by atoms with Crippen molar-refractivity contribution in [1.29, 1.82) is 0 Å². The van der Waals surface area contributed by atoms with Gasteiger partial charge in [-0.1, -0.05) is 36.4 Å². The van der Waals surface area contributed by atoms with Crippen LogP contribution in [0.1, 0.15) is 16.1 Å². The average Bonchev–Trinajstić information content (AvgIpc) is 3.15. The number of benzene rings is 2. The predicted octanol–water partition coefficient (Wildman–Crippen LogP) is 2.81. The normalized spacial score (nSPS) is 10.2. The lowest BCUT2D eigenvalue weighted by Gasteiger charge is -2.05. The van der Waals surface area contributed by atoms with Crippen molar-refractivity contribution in [2.75, 3.05) is 6.54 Å². The molecule has 0 radical (unpaired) electrons. The second-order valence-electron chi connectivity index (χ2n) is 5.21. The molecule has 0 spiro atoms. The van der Waals surface area contributed by atoms with Gasteiger partial charge in [0.1, 0.15) is 6.54 Å². The summed E-state index contributed by atoms with van der Waals surface area (Å²) in [4.78, 5) is 27.7. The van der Waals surface area contributed by atoms with E-state index in [1.165, 1.54) is 6.20 Å². The van der Waals surface area contributed by atoms with Crippen LogP contribution in [0.15, 0.2) is 71.3 Å². The van der Waals surface area contributed by atoms with Crippen molar-refractivity contribution in [3.63, 3.8) is 0 Å². The molecule has 0 fully saturated rings. The van der Waals surface area contributed by atoms with Gasteiger partial charge in [0.25, 0.3) is 5.91 Å². The number of nitrogens with one attached hydrogen (secondary N) is 1. The zero-order valence-corrected chi connectivity index (χ0v) is 13.3. The molecule has 126 valence electrons. The van der Waals surface area contributed by atoms with Gasteiger partial charge in [-0.25, -0.2) is 4.98 Å². The van der Waals surface area contributed by atoms with Crippen molar-refractivity contribution in [2.45, 2.75) is 6.61 Å². The van der Waals surface area contributed by atoms with Gasteiger partial charge in [0.05, 0.1) is 6.20 Å². The number of carbonyl (C=O) groups excluding carboxylic acids is 2. The second-order valence-corrected chi connectivity index (χ2v) is 5.21. The Hall–Kier alpha value is -3.41. The largest absolute Gasteiger partial charge is 0.456 e. The summed E-state index contributed by atoms with van der Waals surface area (Å²) in [5.41, 5.74) is 1.33. The molecule has 6 nitrogen and oxygen atoms in total. The number of hydrogen-bond acceptors (Lipinski definition) is 5. The van der Waals surface area contributed by atoms with Crippen LogP contribution < -0.4 is 5.32 Å². The lowest BCUT2D eigenvalue weighted by molar-refractivity contribution is -0.144. The number of carbonyl (C=O) groups is 2. The predicted molar refractivity (Wildman–Crippen MR) is 90.5 cm³/mol. The molecule has 0 atom stereocenters. The maximum atomic E-state index is 11.8. The smallest absolute Gasteiger partial charge is 0.325 e. The highest BCUT2D eigenvalue weighted by Crippen LogP contribution is 2.18. The van der Waals surface area contributed by atoms with E-state index in [2.05, 4.69) is 10.3 Å². The molecule has 0 aliphatic rings. The van der Waals surface area contributed by atoms with E-state index < -0.39 is 5.97 Å². The van der Waals surface area contributed by atoms with Gasteiger partial charge in [0, 0.05) is 11.1 Å². The molecule has 25 heavy (non-hydrogen) atoms. The van der Waals surface area contributed by atoms with Crippen LogP contribution in [0, 0.1) is 0 Å². The van der Waals surface area contributed by atoms with Crippen LogP contribution in [0.5, 0.6) is 0 Å². The minimum atomic E-state index is -0.554. The highest BCUT2D eigenvalue weighted by Gasteiger charge is 2.11. The minimum absolute atomic E-state index is 0.0418. The van der Waals surface area contributed by atoms with Crippen LogP contribution in [0.3, 0.4) is 0 Å². The number of rotatable bonds is 6. The summed E-state index contributed by atoms with van der Waals surface area (Å²) in [6.07, 6.45) is 1.51. The van der Waals surface area contributed by atoms with Gasteiger partial charge >= 0.3 is 5.97 Å². The highest BCUT2D eigenvalue weighted by atomic mass is 16.5. The number of nitrogens with zero attached hydrogens (tertiary/aromatic N) is 1. The number of ether oxygens (including phenoxy) is 1. The summed E-state index contributed by atoms with van der Waals surface area (Å²) in [6, 6.07) is 18.1. The Balaban J connectivity index is 1.47. The van der Waals surface area contributed by atoms with E-state index >= 15 is 0 Å². The first-order chi connectivity index (χ1) is 12.2. The van der Waals surface area contributed by atoms with Gasteiger partial charge in [-0.15, -0.1) is 0 Å². The number of hydrogen-bond donors (Lipinski definition) is 1. The maximum absolute atomic E-state index is 11.8. The number of amides is 1. The molecular formula is C19H16N2O4. The molecule has 2 aromatic carbocycles. The summed E-state index contributed by atoms with van der Waals surface area (Å²) < 4.78 is 10.6. The molecule has 1 N–H and O–H groups in total. The molecule has 0 saturated carbocycles. The third kappa shape index (κ3) is 4.54. The third-order valence-corrected chi connectivity index (χ3v) is 3.38. The van der Waals surface area contributed by atoms with Crippen molar-refractivity contribution in [3.8, 4) is 11.5 Å². The SMILES string of the molecule is O=C(CNC(=O)c1ccccc1)OCc1cnc(-c2ccccc2)o1. The van der Waals surface area contributed by atoms with E-state index in [4.69, 9.17) is 9.15 Å². The van der Waals surface area contributed by atoms with Crippen molar-refractivity contribution in [3.05, 3.63) is 78.2 Å². The van der Waals surface area contributed by atoms with E-state index in [9.17, 15) is 9.59 Å². The summed E-state index contributed by atoms with van der Waals surface area (Å²) in [6.45, 7) is -0.257. The van der Waals surface area contributed by atoms with E-state index in [1.807, 2.05) is 36.4 Å². The van der Waals surface area contributed by atoms with Crippen LogP contribution in [-0.4, -0.2) is 23.4 Å². The first-order valence-corrected chi connectivity index (χ1v) is 7.71. The summed E-state index contributed by atoms with van der Waals surface area (Å²) in [7, 11) is 0. The monoisotopic (exact) mass is 336 g/mol. The van der Waals surface area contributed by atoms with Crippen molar-refractivity contribution < 1.29 is 18.7 Å². The van der Waals surface area contributed by atoms with Crippen molar-refractivity contribution in [2.24, 2.45) is 0 Å². The summed E-state index contributed by atoms with van der Waals surface area (Å²) in [5, 5.41) is 2.51. The van der Waals surface area contributed by atoms with Gasteiger partial charge < -0.3 is 14.5 Å². The van der Waals surface area contributed by atoms with Crippen molar-refractivity contribution in [1.82, 2.24) is 10.3 Å². The maximum Gasteiger partial charge on any atom is 0.325 e. The number of aromatic nitrogens is 1. The molecule has 0 bridgehead atoms. The zero-order chi connectivity index (χ0) is 17.5. The Labute approximate surface area is 144 Å². The van der Waals surface area contributed by atoms with Gasteiger partial charge in [0.15, 0.2) is 12.4 Å². The molecule has 0 aliphatic carbocycles. The molecule has 1 amide bonds. The average molecular weight is 336 g/mol. The molecular weight excluding hydrogens is 320 g/mol. The molecule has 1 aromatic heterocycles. The fourth-order valence-corrected chi connectivity index (χ4v) is 2.14. The minimum Gasteiger partial charge on any atom is -0.456 e. The zero-order valence-electron chi connectivity index (χ0n) is 13.3. The quantitative estimate of drug-likeness (QED) is 0.700. The van der Waals surface area contributed by atoms with Crippen LogP contribution >= 0.6 is 0 Å². The van der Waals surface area contributed by atoms with E-state index in [0.29, 0.717) is 17.2 Å². The Kier molecular flexibility index (Phi) is 5.21. The Morgan fingerprint density at radius 2 is 1.68 bits per heavy atom. The Morgan fingerprint density at radius 1 is 1.00 bits per heavy atom. The first kappa shape index (κ1) is 16.4. The number of oxazole rings is 1. The van der Waals surface area contributed by atoms with Crippen LogP contribution in [-0.2, 0) is 16.1 Å². The third-order valence-electron chi connectivity index (χ3n) is 3.38. The van der Waals surface area contributed by atoms with E-state index in [-0.39, 0.29) is 19.1 Å². The van der Waals surface area contributed by atoms with Crippen LogP contribution in [0.25, 0.3) is 11.5 Å². The molecule has 0 unspecified atom stereocenters. The van der Waals surface area contributed by atoms with E-state index in [0.717, 1.165) is 5.56 Å². The second kappa shape index (κ2) is 7.92. The molecule has 1 heterocycles. The molecule has 0 aliphatic heterocycles. The van der Waals surface area contributed by atoms with E-state index in [1.54, 1.807) is 24.3 Å². The lowest BCUT2D eigenvalue weighted by atomic mass is 10.2. The van der Waals surface area contributed by atoms with Crippen LogP contribution in [0.2, 0.25) is 0 Å². The van der Waals surface area contributed by atoms with Gasteiger partial charge in [-0.05, 0) is 24.3 Å². The Bertz CT molecular complexity index is 844. The summed E-state index contributed by atoms with van der Waals surface area (Å²) in [5.74, 6) is 0.0103. The standard InChI is InChI=1S/C19H16N2O4/c22-17(12-20-18(23)14-7-3-1-4-8-14)24-13-16-11-21-19(25-16)15-9-5-2-6-10-15/h1-11H,12-13H2,(H,20,23). The van der Waals surface area contributed by atoms with Crippen molar-refractivity contribution >= 4 is 11.9 Å².